The van der Waals surface area contributed by atoms with Crippen LogP contribution in [-0.4, -0.2) is 23.2 Å². The van der Waals surface area contributed by atoms with E-state index in [-0.39, 0.29) is 5.41 Å². The highest BCUT2D eigenvalue weighted by Crippen LogP contribution is 2.26. The normalized spacial score (nSPS) is 11.1. The number of rotatable bonds is 3. The van der Waals surface area contributed by atoms with E-state index in [0.717, 1.165) is 5.76 Å². The molecule has 4 N–H and O–H groups in total. The lowest BCUT2D eigenvalue weighted by Gasteiger charge is -2.13. The van der Waals surface area contributed by atoms with Gasteiger partial charge >= 0.3 is 13.1 Å². The zero-order valence-corrected chi connectivity index (χ0v) is 12.8. The third-order valence-corrected chi connectivity index (χ3v) is 3.06. The molecule has 0 aliphatic carbocycles. The molecular weight excluding hydrogens is 283 g/mol. The van der Waals surface area contributed by atoms with Crippen LogP contribution in [0.3, 0.4) is 0 Å². The van der Waals surface area contributed by atoms with E-state index < -0.39 is 13.1 Å². The van der Waals surface area contributed by atoms with Crippen LogP contribution >= 0.6 is 0 Å². The molecule has 0 radical (unpaired) electrons. The van der Waals surface area contributed by atoms with Gasteiger partial charge in [-0.05, 0) is 17.6 Å². The Balaban J connectivity index is 1.96. The topological polar surface area (TPSA) is 94.7 Å². The number of amides is 2. The molecule has 22 heavy (non-hydrogen) atoms. The van der Waals surface area contributed by atoms with Crippen molar-refractivity contribution in [1.82, 2.24) is 0 Å². The third-order valence-electron chi connectivity index (χ3n) is 3.06. The van der Waals surface area contributed by atoms with Crippen molar-refractivity contribution in [3.63, 3.8) is 0 Å². The molecule has 2 rings (SSSR count). The highest BCUT2D eigenvalue weighted by atomic mass is 16.4. The first-order valence-electron chi connectivity index (χ1n) is 6.89. The fraction of sp³-hybridized carbons (Fsp3) is 0.267. The molecule has 0 aliphatic heterocycles. The fourth-order valence-corrected chi connectivity index (χ4v) is 1.83. The summed E-state index contributed by atoms with van der Waals surface area (Å²) in [5, 5.41) is 23.3. The molecule has 0 atom stereocenters. The van der Waals surface area contributed by atoms with Gasteiger partial charge in [-0.1, -0.05) is 32.9 Å². The molecule has 0 fully saturated rings. The predicted octanol–water partition coefficient (Wildman–Crippen LogP) is 1.90. The Morgan fingerprint density at radius 1 is 1.09 bits per heavy atom. The van der Waals surface area contributed by atoms with Gasteiger partial charge in [0.15, 0.2) is 0 Å². The van der Waals surface area contributed by atoms with Gasteiger partial charge in [-0.15, -0.1) is 0 Å². The molecule has 1 aromatic carbocycles. The Bertz CT molecular complexity index is 644. The van der Waals surface area contributed by atoms with Gasteiger partial charge in [-0.2, -0.15) is 0 Å². The molecule has 1 heterocycles. The molecular formula is C15H19BN2O4. The van der Waals surface area contributed by atoms with E-state index in [1.165, 1.54) is 18.4 Å². The summed E-state index contributed by atoms with van der Waals surface area (Å²) in [6.45, 7) is 6.06. The van der Waals surface area contributed by atoms with E-state index in [4.69, 9.17) is 14.5 Å². The zero-order valence-electron chi connectivity index (χ0n) is 12.8. The first-order valence-corrected chi connectivity index (χ1v) is 6.89. The van der Waals surface area contributed by atoms with Crippen molar-refractivity contribution >= 4 is 30.0 Å². The minimum absolute atomic E-state index is 0.128. The van der Waals surface area contributed by atoms with Crippen molar-refractivity contribution in [3.8, 4) is 0 Å². The first kappa shape index (κ1) is 16.1. The standard InChI is InChI=1S/C15H19BN2O4/c1-15(2,3)13-8-12(9-22-13)18-14(19)17-11-6-4-10(5-7-11)16(20)21/h4-9,20-21H,1-3H3,(H2,17,18,19). The summed E-state index contributed by atoms with van der Waals surface area (Å²) >= 11 is 0. The quantitative estimate of drug-likeness (QED) is 0.651. The number of urea groups is 1. The number of benzene rings is 1. The molecule has 0 saturated heterocycles. The van der Waals surface area contributed by atoms with Gasteiger partial charge in [0.25, 0.3) is 0 Å². The molecule has 0 bridgehead atoms. The van der Waals surface area contributed by atoms with Crippen molar-refractivity contribution in [2.45, 2.75) is 26.2 Å². The van der Waals surface area contributed by atoms with E-state index in [2.05, 4.69) is 10.6 Å². The lowest BCUT2D eigenvalue weighted by Crippen LogP contribution is -2.29. The summed E-state index contributed by atoms with van der Waals surface area (Å²) in [5.41, 5.74) is 1.35. The maximum absolute atomic E-state index is 11.9. The minimum atomic E-state index is -1.52. The van der Waals surface area contributed by atoms with Gasteiger partial charge in [-0.25, -0.2) is 4.79 Å². The number of anilines is 2. The van der Waals surface area contributed by atoms with E-state index in [1.54, 1.807) is 18.2 Å². The van der Waals surface area contributed by atoms with E-state index in [9.17, 15) is 4.79 Å². The van der Waals surface area contributed by atoms with Crippen LogP contribution in [0.25, 0.3) is 0 Å². The van der Waals surface area contributed by atoms with Crippen LogP contribution < -0.4 is 16.1 Å². The summed E-state index contributed by atoms with van der Waals surface area (Å²) in [4.78, 5) is 11.9. The molecule has 2 amide bonds. The van der Waals surface area contributed by atoms with Crippen LogP contribution in [0.5, 0.6) is 0 Å². The van der Waals surface area contributed by atoms with E-state index in [0.29, 0.717) is 16.8 Å². The van der Waals surface area contributed by atoms with Crippen LogP contribution in [0.15, 0.2) is 41.0 Å². The molecule has 7 heteroatoms. The SMILES string of the molecule is CC(C)(C)c1cc(NC(=O)Nc2ccc(B(O)O)cc2)co1. The average Bonchev–Trinajstić information content (AvgIpc) is 2.87. The molecule has 0 saturated carbocycles. The molecule has 0 aliphatic rings. The number of nitrogens with one attached hydrogen (secondary N) is 2. The third kappa shape index (κ3) is 4.13. The monoisotopic (exact) mass is 302 g/mol. The highest BCUT2D eigenvalue weighted by molar-refractivity contribution is 6.58. The zero-order chi connectivity index (χ0) is 16.3. The summed E-state index contributed by atoms with van der Waals surface area (Å²) in [7, 11) is -1.52. The van der Waals surface area contributed by atoms with Gasteiger partial charge < -0.3 is 25.1 Å². The smallest absolute Gasteiger partial charge is 0.467 e. The van der Waals surface area contributed by atoms with Crippen LogP contribution in [0, 0.1) is 0 Å². The van der Waals surface area contributed by atoms with Gasteiger partial charge in [0.05, 0.1) is 5.69 Å². The Kier molecular flexibility index (Phi) is 4.58. The molecule has 1 aromatic heterocycles. The predicted molar refractivity (Wildman–Crippen MR) is 86.3 cm³/mol. The van der Waals surface area contributed by atoms with Crippen LogP contribution in [-0.2, 0) is 5.41 Å². The average molecular weight is 302 g/mol. The Labute approximate surface area is 129 Å². The van der Waals surface area contributed by atoms with Gasteiger partial charge in [0, 0.05) is 17.2 Å². The van der Waals surface area contributed by atoms with Crippen LogP contribution in [0.2, 0.25) is 0 Å². The number of furan rings is 1. The van der Waals surface area contributed by atoms with Gasteiger partial charge in [-0.3, -0.25) is 0 Å². The van der Waals surface area contributed by atoms with Crippen molar-refractivity contribution in [3.05, 3.63) is 42.4 Å². The second kappa shape index (κ2) is 6.25. The largest absolute Gasteiger partial charge is 0.488 e. The Morgan fingerprint density at radius 2 is 1.68 bits per heavy atom. The van der Waals surface area contributed by atoms with Crippen molar-refractivity contribution < 1.29 is 19.3 Å². The number of carbonyl (C=O) groups excluding carboxylic acids is 1. The number of hydrogen-bond donors (Lipinski definition) is 4. The summed E-state index contributed by atoms with van der Waals surface area (Å²) in [5.74, 6) is 0.782. The number of hydrogen-bond acceptors (Lipinski definition) is 4. The van der Waals surface area contributed by atoms with E-state index in [1.807, 2.05) is 20.8 Å². The summed E-state index contributed by atoms with van der Waals surface area (Å²) in [6.07, 6.45) is 1.49. The second-order valence-electron chi connectivity index (χ2n) is 6.02. The van der Waals surface area contributed by atoms with Crippen LogP contribution in [0.4, 0.5) is 16.2 Å². The minimum Gasteiger partial charge on any atom is -0.467 e. The molecule has 2 aromatic rings. The molecule has 0 unspecified atom stereocenters. The Morgan fingerprint density at radius 3 is 2.18 bits per heavy atom. The summed E-state index contributed by atoms with van der Waals surface area (Å²) in [6, 6.07) is 7.60. The maximum atomic E-state index is 11.9. The molecule has 6 nitrogen and oxygen atoms in total. The summed E-state index contributed by atoms with van der Waals surface area (Å²) < 4.78 is 5.42. The maximum Gasteiger partial charge on any atom is 0.488 e. The molecule has 0 spiro atoms. The Hall–Kier alpha value is -2.25. The van der Waals surface area contributed by atoms with Crippen LogP contribution in [0.1, 0.15) is 26.5 Å². The lowest BCUT2D eigenvalue weighted by molar-refractivity contribution is 0.262. The number of carbonyl (C=O) groups is 1. The van der Waals surface area contributed by atoms with Crippen molar-refractivity contribution in [2.75, 3.05) is 10.6 Å². The van der Waals surface area contributed by atoms with Gasteiger partial charge in [0.1, 0.15) is 12.0 Å². The second-order valence-corrected chi connectivity index (χ2v) is 6.02. The van der Waals surface area contributed by atoms with E-state index >= 15 is 0 Å². The fourth-order valence-electron chi connectivity index (χ4n) is 1.83. The van der Waals surface area contributed by atoms with Crippen molar-refractivity contribution in [1.29, 1.82) is 0 Å². The van der Waals surface area contributed by atoms with Crippen molar-refractivity contribution in [2.24, 2.45) is 0 Å². The molecule has 116 valence electrons. The first-order chi connectivity index (χ1) is 10.3. The lowest BCUT2D eigenvalue weighted by atomic mass is 9.80. The highest BCUT2D eigenvalue weighted by Gasteiger charge is 2.18. The van der Waals surface area contributed by atoms with Gasteiger partial charge in [0.2, 0.25) is 0 Å².